The van der Waals surface area contributed by atoms with Crippen LogP contribution in [0.2, 0.25) is 5.02 Å². The van der Waals surface area contributed by atoms with Gasteiger partial charge in [-0.05, 0) is 12.1 Å². The Morgan fingerprint density at radius 1 is 1.50 bits per heavy atom. The zero-order valence-corrected chi connectivity index (χ0v) is 9.03. The summed E-state index contributed by atoms with van der Waals surface area (Å²) in [5.41, 5.74) is 1.39. The van der Waals surface area contributed by atoms with E-state index >= 15 is 0 Å². The first-order valence-corrected chi connectivity index (χ1v) is 4.98. The number of pyridine rings is 1. The number of hydrogen-bond donors (Lipinski definition) is 1. The van der Waals surface area contributed by atoms with Crippen molar-refractivity contribution in [1.82, 2.24) is 4.98 Å². The van der Waals surface area contributed by atoms with E-state index in [1.165, 1.54) is 0 Å². The predicted molar refractivity (Wildman–Crippen MR) is 60.0 cm³/mol. The summed E-state index contributed by atoms with van der Waals surface area (Å²) < 4.78 is 4.93. The van der Waals surface area contributed by atoms with Crippen molar-refractivity contribution in [2.45, 2.75) is 6.54 Å². The molecule has 1 N–H and O–H groups in total. The molecule has 0 aliphatic rings. The molecule has 0 radical (unpaired) electrons. The predicted octanol–water partition coefficient (Wildman–Crippen LogP) is 2.81. The van der Waals surface area contributed by atoms with Gasteiger partial charge in [0.25, 0.3) is 0 Å². The maximum absolute atomic E-state index is 8.79. The first-order valence-electron chi connectivity index (χ1n) is 4.61. The molecule has 0 aromatic carbocycles. The normalized spacial score (nSPS) is 9.75. The quantitative estimate of drug-likeness (QED) is 0.886. The van der Waals surface area contributed by atoms with E-state index in [0.29, 0.717) is 22.9 Å². The van der Waals surface area contributed by atoms with E-state index in [9.17, 15) is 0 Å². The Balaban J connectivity index is 2.13. The van der Waals surface area contributed by atoms with Crippen molar-refractivity contribution in [3.05, 3.63) is 47.0 Å². The van der Waals surface area contributed by atoms with Crippen molar-refractivity contribution < 1.29 is 4.42 Å². The van der Waals surface area contributed by atoms with E-state index in [4.69, 9.17) is 21.3 Å². The van der Waals surface area contributed by atoms with Gasteiger partial charge in [0.15, 0.2) is 0 Å². The fourth-order valence-corrected chi connectivity index (χ4v) is 1.45. The van der Waals surface area contributed by atoms with Crippen LogP contribution in [0.3, 0.4) is 0 Å². The number of halogens is 1. The molecule has 80 valence electrons. The van der Waals surface area contributed by atoms with Gasteiger partial charge >= 0.3 is 0 Å². The molecule has 2 heterocycles. The highest BCUT2D eigenvalue weighted by Gasteiger charge is 2.06. The van der Waals surface area contributed by atoms with Gasteiger partial charge in [0.2, 0.25) is 0 Å². The molecule has 0 amide bonds. The van der Waals surface area contributed by atoms with Crippen LogP contribution in [0.15, 0.2) is 35.3 Å². The smallest absolute Gasteiger partial charge is 0.146 e. The molecule has 2 rings (SSSR count). The largest absolute Gasteiger partial charge is 0.472 e. The molecule has 0 bridgehead atoms. The molecule has 2 aromatic heterocycles. The number of furan rings is 1. The van der Waals surface area contributed by atoms with Crippen LogP contribution in [0.1, 0.15) is 11.1 Å². The van der Waals surface area contributed by atoms with Gasteiger partial charge in [0.1, 0.15) is 16.9 Å². The van der Waals surface area contributed by atoms with Crippen LogP contribution in [0.5, 0.6) is 0 Å². The lowest BCUT2D eigenvalue weighted by Crippen LogP contribution is -2.01. The molecule has 0 saturated heterocycles. The number of aromatic nitrogens is 1. The van der Waals surface area contributed by atoms with Gasteiger partial charge in [0, 0.05) is 18.3 Å². The van der Waals surface area contributed by atoms with Gasteiger partial charge in [-0.1, -0.05) is 11.6 Å². The highest BCUT2D eigenvalue weighted by molar-refractivity contribution is 6.34. The lowest BCUT2D eigenvalue weighted by atomic mass is 10.3. The molecule has 0 spiro atoms. The third kappa shape index (κ3) is 2.15. The fourth-order valence-electron chi connectivity index (χ4n) is 1.23. The molecule has 0 saturated carbocycles. The van der Waals surface area contributed by atoms with Gasteiger partial charge in [-0.3, -0.25) is 0 Å². The van der Waals surface area contributed by atoms with Crippen LogP contribution >= 0.6 is 11.6 Å². The van der Waals surface area contributed by atoms with E-state index in [0.717, 1.165) is 5.56 Å². The number of nitrogens with zero attached hydrogens (tertiary/aromatic N) is 2. The van der Waals surface area contributed by atoms with Crippen LogP contribution in [0.4, 0.5) is 5.82 Å². The summed E-state index contributed by atoms with van der Waals surface area (Å²) in [6, 6.07) is 5.42. The highest BCUT2D eigenvalue weighted by atomic mass is 35.5. The summed E-state index contributed by atoms with van der Waals surface area (Å²) in [7, 11) is 0. The molecule has 0 aliphatic carbocycles. The monoisotopic (exact) mass is 233 g/mol. The Labute approximate surface area is 97.5 Å². The SMILES string of the molecule is N#Cc1ccnc(NCc2ccoc2)c1Cl. The van der Waals surface area contributed by atoms with Crippen molar-refractivity contribution >= 4 is 17.4 Å². The minimum atomic E-state index is 0.341. The highest BCUT2D eigenvalue weighted by Crippen LogP contribution is 2.23. The van der Waals surface area contributed by atoms with Gasteiger partial charge in [-0.15, -0.1) is 0 Å². The Kier molecular flexibility index (Phi) is 3.08. The van der Waals surface area contributed by atoms with Crippen molar-refractivity contribution in [2.75, 3.05) is 5.32 Å². The molecule has 4 nitrogen and oxygen atoms in total. The number of rotatable bonds is 3. The molecule has 2 aromatic rings. The Morgan fingerprint density at radius 2 is 2.38 bits per heavy atom. The van der Waals surface area contributed by atoms with Gasteiger partial charge in [-0.25, -0.2) is 4.98 Å². The second-order valence-electron chi connectivity index (χ2n) is 3.12. The lowest BCUT2D eigenvalue weighted by molar-refractivity contribution is 0.564. The second kappa shape index (κ2) is 4.69. The maximum atomic E-state index is 8.79. The average Bonchev–Trinajstić information content (AvgIpc) is 2.81. The summed E-state index contributed by atoms with van der Waals surface area (Å²) in [6.07, 6.45) is 4.77. The number of nitrogens with one attached hydrogen (secondary N) is 1. The summed E-state index contributed by atoms with van der Waals surface area (Å²) in [5, 5.41) is 12.2. The number of anilines is 1. The standard InChI is InChI=1S/C11H8ClN3O/c12-10-9(5-13)1-3-14-11(10)15-6-8-2-4-16-7-8/h1-4,7H,6H2,(H,14,15). The van der Waals surface area contributed by atoms with E-state index in [1.807, 2.05) is 12.1 Å². The van der Waals surface area contributed by atoms with Crippen molar-refractivity contribution in [1.29, 1.82) is 5.26 Å². The van der Waals surface area contributed by atoms with Crippen molar-refractivity contribution in [3.63, 3.8) is 0 Å². The molecule has 5 heteroatoms. The zero-order chi connectivity index (χ0) is 11.4. The van der Waals surface area contributed by atoms with E-state index in [2.05, 4.69) is 10.3 Å². The first kappa shape index (κ1) is 10.5. The Hall–Kier alpha value is -1.99. The molecular weight excluding hydrogens is 226 g/mol. The second-order valence-corrected chi connectivity index (χ2v) is 3.50. The van der Waals surface area contributed by atoms with Gasteiger partial charge in [0.05, 0.1) is 18.1 Å². The van der Waals surface area contributed by atoms with Gasteiger partial charge in [-0.2, -0.15) is 5.26 Å². The zero-order valence-electron chi connectivity index (χ0n) is 8.27. The third-order valence-electron chi connectivity index (χ3n) is 2.05. The summed E-state index contributed by atoms with van der Waals surface area (Å²) in [4.78, 5) is 4.06. The van der Waals surface area contributed by atoms with Crippen LogP contribution in [0.25, 0.3) is 0 Å². The van der Waals surface area contributed by atoms with Crippen molar-refractivity contribution in [2.24, 2.45) is 0 Å². The van der Waals surface area contributed by atoms with Crippen LogP contribution in [0, 0.1) is 11.3 Å². The maximum Gasteiger partial charge on any atom is 0.146 e. The van der Waals surface area contributed by atoms with Crippen LogP contribution in [-0.2, 0) is 6.54 Å². The summed E-state index contributed by atoms with van der Waals surface area (Å²) in [6.45, 7) is 0.554. The molecule has 0 unspecified atom stereocenters. The average molecular weight is 234 g/mol. The molecule has 0 atom stereocenters. The summed E-state index contributed by atoms with van der Waals surface area (Å²) in [5.74, 6) is 0.502. The number of hydrogen-bond acceptors (Lipinski definition) is 4. The topological polar surface area (TPSA) is 61.9 Å². The third-order valence-corrected chi connectivity index (χ3v) is 2.43. The van der Waals surface area contributed by atoms with Crippen LogP contribution in [-0.4, -0.2) is 4.98 Å². The van der Waals surface area contributed by atoms with Crippen LogP contribution < -0.4 is 5.32 Å². The molecule has 16 heavy (non-hydrogen) atoms. The first-order chi connectivity index (χ1) is 7.81. The summed E-state index contributed by atoms with van der Waals surface area (Å²) >= 11 is 5.98. The fraction of sp³-hybridized carbons (Fsp3) is 0.0909. The molecular formula is C11H8ClN3O. The Morgan fingerprint density at radius 3 is 3.06 bits per heavy atom. The Bertz CT molecular complexity index is 517. The minimum absolute atomic E-state index is 0.341. The number of nitriles is 1. The minimum Gasteiger partial charge on any atom is -0.472 e. The lowest BCUT2D eigenvalue weighted by Gasteiger charge is -2.06. The molecule has 0 fully saturated rings. The van der Waals surface area contributed by atoms with E-state index < -0.39 is 0 Å². The molecule has 0 aliphatic heterocycles. The van der Waals surface area contributed by atoms with E-state index in [-0.39, 0.29) is 0 Å². The van der Waals surface area contributed by atoms with Crippen molar-refractivity contribution in [3.8, 4) is 6.07 Å². The van der Waals surface area contributed by atoms with E-state index in [1.54, 1.807) is 24.8 Å². The van der Waals surface area contributed by atoms with Gasteiger partial charge < -0.3 is 9.73 Å².